The Morgan fingerprint density at radius 3 is 1.79 bits per heavy atom. The summed E-state index contributed by atoms with van der Waals surface area (Å²) in [6, 6.07) is 18.1. The molecule has 0 amide bonds. The van der Waals surface area contributed by atoms with Crippen molar-refractivity contribution in [2.45, 2.75) is 17.7 Å². The van der Waals surface area contributed by atoms with E-state index in [1.165, 1.54) is 0 Å². The van der Waals surface area contributed by atoms with Crippen LogP contribution < -0.4 is 0 Å². The van der Waals surface area contributed by atoms with Crippen molar-refractivity contribution in [3.8, 4) is 0 Å². The summed E-state index contributed by atoms with van der Waals surface area (Å²) in [6.45, 7) is 2.09. The smallest absolute Gasteiger partial charge is 0.0628 e. The van der Waals surface area contributed by atoms with E-state index in [-0.39, 0.29) is 16.7 Å². The molecule has 0 aromatic heterocycles. The molecule has 0 saturated heterocycles. The highest BCUT2D eigenvalue weighted by Gasteiger charge is 2.25. The first-order valence-electron chi connectivity index (χ1n) is 6.18. The summed E-state index contributed by atoms with van der Waals surface area (Å²) in [5.41, 5.74) is 2.21. The van der Waals surface area contributed by atoms with Crippen molar-refractivity contribution in [1.82, 2.24) is 0 Å². The number of benzene rings is 2. The van der Waals surface area contributed by atoms with Gasteiger partial charge in [0, 0.05) is 4.47 Å². The van der Waals surface area contributed by atoms with Crippen molar-refractivity contribution in [3.63, 3.8) is 0 Å². The molecule has 0 fully saturated rings. The molecule has 3 atom stereocenters. The van der Waals surface area contributed by atoms with Gasteiger partial charge in [0.25, 0.3) is 0 Å². The minimum absolute atomic E-state index is 0.0904. The molecule has 2 rings (SSSR count). The van der Waals surface area contributed by atoms with Gasteiger partial charge in [-0.25, -0.2) is 0 Å². The summed E-state index contributed by atoms with van der Waals surface area (Å²) in [6.07, 6.45) is 0. The minimum Gasteiger partial charge on any atom is -0.117 e. The van der Waals surface area contributed by atoms with Crippen LogP contribution in [0.5, 0.6) is 0 Å². The summed E-state index contributed by atoms with van der Waals surface area (Å²) in [5, 5.41) is -0.192. The Labute approximate surface area is 132 Å². The number of hydrogen-bond acceptors (Lipinski definition) is 0. The molecule has 0 bridgehead atoms. The fraction of sp³-hybridized carbons (Fsp3) is 0.250. The summed E-state index contributed by atoms with van der Waals surface area (Å²) in [5.74, 6) is 0.145. The van der Waals surface area contributed by atoms with Gasteiger partial charge in [0.1, 0.15) is 0 Å². The molecule has 0 heterocycles. The zero-order chi connectivity index (χ0) is 13.8. The summed E-state index contributed by atoms with van der Waals surface area (Å²) in [4.78, 5) is 0. The Morgan fingerprint density at radius 2 is 1.26 bits per heavy atom. The van der Waals surface area contributed by atoms with Crippen molar-refractivity contribution in [3.05, 3.63) is 70.2 Å². The molecule has 3 heteroatoms. The van der Waals surface area contributed by atoms with Crippen LogP contribution in [-0.4, -0.2) is 0 Å². The van der Waals surface area contributed by atoms with Gasteiger partial charge in [-0.2, -0.15) is 0 Å². The van der Waals surface area contributed by atoms with Crippen molar-refractivity contribution in [1.29, 1.82) is 0 Å². The van der Waals surface area contributed by atoms with Gasteiger partial charge >= 0.3 is 0 Å². The van der Waals surface area contributed by atoms with Gasteiger partial charge in [-0.1, -0.05) is 65.3 Å². The van der Waals surface area contributed by atoms with Crippen LogP contribution in [0.2, 0.25) is 0 Å². The normalized spacial score (nSPS) is 15.8. The largest absolute Gasteiger partial charge is 0.117 e. The molecule has 2 aromatic rings. The van der Waals surface area contributed by atoms with Gasteiger partial charge in [0.2, 0.25) is 0 Å². The van der Waals surface area contributed by atoms with Gasteiger partial charge in [-0.15, -0.1) is 23.2 Å². The Balaban J connectivity index is 2.15. The summed E-state index contributed by atoms with van der Waals surface area (Å²) < 4.78 is 1.05. The lowest BCUT2D eigenvalue weighted by Gasteiger charge is -2.23. The van der Waals surface area contributed by atoms with Crippen LogP contribution in [0.4, 0.5) is 0 Å². The second-order valence-electron chi connectivity index (χ2n) is 4.62. The van der Waals surface area contributed by atoms with Crippen LogP contribution in [0, 0.1) is 5.92 Å². The predicted octanol–water partition coefficient (Wildman–Crippen LogP) is 6.35. The summed E-state index contributed by atoms with van der Waals surface area (Å²) >= 11 is 16.5. The Kier molecular flexibility index (Phi) is 5.32. The van der Waals surface area contributed by atoms with E-state index >= 15 is 0 Å². The summed E-state index contributed by atoms with van der Waals surface area (Å²) in [7, 11) is 0. The van der Waals surface area contributed by atoms with Crippen LogP contribution in [0.1, 0.15) is 28.8 Å². The van der Waals surface area contributed by atoms with Crippen molar-refractivity contribution in [2.24, 2.45) is 5.92 Å². The molecule has 100 valence electrons. The van der Waals surface area contributed by atoms with Crippen LogP contribution in [0.25, 0.3) is 0 Å². The zero-order valence-corrected chi connectivity index (χ0v) is 13.7. The average molecular weight is 358 g/mol. The SMILES string of the molecule is CC(C(Cl)c1ccccc1)C(Cl)c1ccc(Br)cc1. The molecule has 0 radical (unpaired) electrons. The van der Waals surface area contributed by atoms with Gasteiger partial charge in [0.15, 0.2) is 0 Å². The molecule has 0 spiro atoms. The van der Waals surface area contributed by atoms with E-state index in [1.54, 1.807) is 0 Å². The average Bonchev–Trinajstić information content (AvgIpc) is 2.46. The van der Waals surface area contributed by atoms with Crippen LogP contribution >= 0.6 is 39.1 Å². The molecule has 0 saturated carbocycles. The topological polar surface area (TPSA) is 0 Å². The number of hydrogen-bond donors (Lipinski definition) is 0. The van der Waals surface area contributed by atoms with Gasteiger partial charge in [-0.3, -0.25) is 0 Å². The van der Waals surface area contributed by atoms with Gasteiger partial charge < -0.3 is 0 Å². The molecule has 0 aliphatic rings. The van der Waals surface area contributed by atoms with Crippen LogP contribution in [-0.2, 0) is 0 Å². The Hall–Kier alpha value is -0.500. The van der Waals surface area contributed by atoms with Crippen molar-refractivity contribution in [2.75, 3.05) is 0 Å². The molecular weight excluding hydrogens is 343 g/mol. The molecule has 0 aliphatic heterocycles. The maximum Gasteiger partial charge on any atom is 0.0628 e. The lowest BCUT2D eigenvalue weighted by atomic mass is 9.93. The first-order chi connectivity index (χ1) is 9.09. The van der Waals surface area contributed by atoms with E-state index in [2.05, 4.69) is 22.9 Å². The predicted molar refractivity (Wildman–Crippen MR) is 86.9 cm³/mol. The first kappa shape index (κ1) is 14.9. The van der Waals surface area contributed by atoms with E-state index in [4.69, 9.17) is 23.2 Å². The minimum atomic E-state index is -0.101. The van der Waals surface area contributed by atoms with E-state index in [0.29, 0.717) is 0 Å². The molecule has 0 aliphatic carbocycles. The maximum absolute atomic E-state index is 6.55. The first-order valence-corrected chi connectivity index (χ1v) is 7.84. The lowest BCUT2D eigenvalue weighted by Crippen LogP contribution is -2.10. The fourth-order valence-corrected chi connectivity index (χ4v) is 2.96. The molecule has 19 heavy (non-hydrogen) atoms. The fourth-order valence-electron chi connectivity index (χ4n) is 2.04. The quantitative estimate of drug-likeness (QED) is 0.559. The molecular formula is C16H15BrCl2. The second-order valence-corrected chi connectivity index (χ2v) is 6.48. The van der Waals surface area contributed by atoms with E-state index in [9.17, 15) is 0 Å². The monoisotopic (exact) mass is 356 g/mol. The Morgan fingerprint density at radius 1 is 0.789 bits per heavy atom. The molecule has 0 N–H and O–H groups in total. The highest BCUT2D eigenvalue weighted by atomic mass is 79.9. The third-order valence-electron chi connectivity index (χ3n) is 3.23. The highest BCUT2D eigenvalue weighted by Crippen LogP contribution is 2.40. The number of alkyl halides is 2. The maximum atomic E-state index is 6.55. The lowest BCUT2D eigenvalue weighted by molar-refractivity contribution is 0.541. The van der Waals surface area contributed by atoms with Crippen LogP contribution in [0.3, 0.4) is 0 Å². The van der Waals surface area contributed by atoms with E-state index < -0.39 is 0 Å². The third kappa shape index (κ3) is 3.75. The van der Waals surface area contributed by atoms with Crippen molar-refractivity contribution < 1.29 is 0 Å². The molecule has 3 unspecified atom stereocenters. The van der Waals surface area contributed by atoms with Gasteiger partial charge in [-0.05, 0) is 29.2 Å². The van der Waals surface area contributed by atoms with E-state index in [0.717, 1.165) is 15.6 Å². The van der Waals surface area contributed by atoms with E-state index in [1.807, 2.05) is 54.6 Å². The second kappa shape index (κ2) is 6.78. The van der Waals surface area contributed by atoms with Crippen molar-refractivity contribution >= 4 is 39.1 Å². The molecule has 0 nitrogen and oxygen atoms in total. The third-order valence-corrected chi connectivity index (χ3v) is 5.06. The Bertz CT molecular complexity index is 510. The standard InChI is InChI=1S/C16H15BrCl2/c1-11(15(18)12-5-3-2-4-6-12)16(19)13-7-9-14(17)10-8-13/h2-11,15-16H,1H3. The number of halogens is 3. The number of rotatable bonds is 4. The van der Waals surface area contributed by atoms with Gasteiger partial charge in [0.05, 0.1) is 10.8 Å². The molecule has 2 aromatic carbocycles. The zero-order valence-electron chi connectivity index (χ0n) is 10.6. The highest BCUT2D eigenvalue weighted by molar-refractivity contribution is 9.10. The van der Waals surface area contributed by atoms with Crippen LogP contribution in [0.15, 0.2) is 59.1 Å².